The van der Waals surface area contributed by atoms with E-state index < -0.39 is 20.0 Å². The minimum absolute atomic E-state index is 0.0148. The molecule has 0 aromatic heterocycles. The fourth-order valence-corrected chi connectivity index (χ4v) is 4.77. The molecule has 152 valence electrons. The molecule has 10 heteroatoms. The molecule has 0 atom stereocenters. The number of nitrogens with one attached hydrogen (secondary N) is 2. The number of benzene rings is 2. The third-order valence-electron chi connectivity index (χ3n) is 4.03. The van der Waals surface area contributed by atoms with Crippen LogP contribution in [0.1, 0.15) is 18.1 Å². The summed E-state index contributed by atoms with van der Waals surface area (Å²) >= 11 is 0. The molecule has 0 unspecified atom stereocenters. The molecule has 0 saturated heterocycles. The minimum atomic E-state index is -4.02. The Morgan fingerprint density at radius 2 is 1.54 bits per heavy atom. The number of carbonyl (C=O) groups excluding carboxylic acids is 1. The highest BCUT2D eigenvalue weighted by molar-refractivity contribution is 7.92. The maximum absolute atomic E-state index is 12.9. The number of rotatable bonds is 6. The highest BCUT2D eigenvalue weighted by atomic mass is 32.2. The van der Waals surface area contributed by atoms with E-state index in [2.05, 4.69) is 10.0 Å². The van der Waals surface area contributed by atoms with Crippen molar-refractivity contribution in [3.05, 3.63) is 47.5 Å². The molecule has 1 amide bonds. The number of hydrogen-bond acceptors (Lipinski definition) is 5. The number of sulfonamides is 2. The van der Waals surface area contributed by atoms with Crippen molar-refractivity contribution in [2.45, 2.75) is 30.6 Å². The number of aryl methyl sites for hydroxylation is 2. The Labute approximate surface area is 165 Å². The predicted molar refractivity (Wildman–Crippen MR) is 108 cm³/mol. The SMILES string of the molecule is CC(=O)Nc1ccc(C)c(S(=O)(=O)Nc2cc(S(=O)(=O)N(C)C)ccc2C)c1. The largest absolute Gasteiger partial charge is 0.326 e. The third kappa shape index (κ3) is 4.70. The van der Waals surface area contributed by atoms with Gasteiger partial charge in [0, 0.05) is 26.7 Å². The summed E-state index contributed by atoms with van der Waals surface area (Å²) in [7, 11) is -4.93. The lowest BCUT2D eigenvalue weighted by Crippen LogP contribution is -2.22. The summed E-state index contributed by atoms with van der Waals surface area (Å²) in [6.45, 7) is 4.63. The molecule has 0 radical (unpaired) electrons. The predicted octanol–water partition coefficient (Wildman–Crippen LogP) is 2.31. The van der Waals surface area contributed by atoms with Gasteiger partial charge in [-0.25, -0.2) is 21.1 Å². The summed E-state index contributed by atoms with van der Waals surface area (Å²) < 4.78 is 54.0. The van der Waals surface area contributed by atoms with Crippen LogP contribution in [0.15, 0.2) is 46.2 Å². The van der Waals surface area contributed by atoms with E-state index in [0.717, 1.165) is 4.31 Å². The van der Waals surface area contributed by atoms with Crippen molar-refractivity contribution in [3.8, 4) is 0 Å². The average molecular weight is 426 g/mol. The summed E-state index contributed by atoms with van der Waals surface area (Å²) in [4.78, 5) is 11.2. The fraction of sp³-hybridized carbons (Fsp3) is 0.278. The molecule has 2 aromatic carbocycles. The molecular weight excluding hydrogens is 402 g/mol. The van der Waals surface area contributed by atoms with Gasteiger partial charge in [-0.3, -0.25) is 9.52 Å². The Morgan fingerprint density at radius 3 is 2.11 bits per heavy atom. The van der Waals surface area contributed by atoms with Crippen LogP contribution >= 0.6 is 0 Å². The molecule has 0 aliphatic carbocycles. The van der Waals surface area contributed by atoms with Gasteiger partial charge in [-0.1, -0.05) is 12.1 Å². The molecule has 0 heterocycles. The summed E-state index contributed by atoms with van der Waals surface area (Å²) in [5, 5.41) is 2.55. The Morgan fingerprint density at radius 1 is 0.929 bits per heavy atom. The zero-order valence-electron chi connectivity index (χ0n) is 16.3. The van der Waals surface area contributed by atoms with Crippen molar-refractivity contribution < 1.29 is 21.6 Å². The number of amides is 1. The van der Waals surface area contributed by atoms with Crippen molar-refractivity contribution in [1.29, 1.82) is 0 Å². The normalized spacial score (nSPS) is 12.1. The summed E-state index contributed by atoms with van der Waals surface area (Å²) in [6, 6.07) is 8.79. The number of anilines is 2. The lowest BCUT2D eigenvalue weighted by atomic mass is 10.2. The summed E-state index contributed by atoms with van der Waals surface area (Å²) in [5.74, 6) is -0.322. The first-order valence-electron chi connectivity index (χ1n) is 8.29. The molecule has 2 aromatic rings. The first-order chi connectivity index (χ1) is 12.8. The Bertz CT molecular complexity index is 1120. The van der Waals surface area contributed by atoms with E-state index in [1.807, 2.05) is 0 Å². The average Bonchev–Trinajstić information content (AvgIpc) is 2.57. The molecule has 0 saturated carbocycles. The van der Waals surface area contributed by atoms with Gasteiger partial charge < -0.3 is 5.32 Å². The smallest absolute Gasteiger partial charge is 0.262 e. The van der Waals surface area contributed by atoms with Crippen LogP contribution < -0.4 is 10.0 Å². The second-order valence-corrected chi connectivity index (χ2v) is 10.3. The van der Waals surface area contributed by atoms with Gasteiger partial charge in [0.15, 0.2) is 0 Å². The number of nitrogens with zero attached hydrogens (tertiary/aromatic N) is 1. The molecule has 0 spiro atoms. The van der Waals surface area contributed by atoms with Crippen molar-refractivity contribution >= 4 is 37.3 Å². The second kappa shape index (κ2) is 7.90. The van der Waals surface area contributed by atoms with Gasteiger partial charge in [-0.2, -0.15) is 0 Å². The van der Waals surface area contributed by atoms with E-state index in [9.17, 15) is 21.6 Å². The van der Waals surface area contributed by atoms with E-state index in [-0.39, 0.29) is 21.4 Å². The van der Waals surface area contributed by atoms with Crippen LogP contribution in [-0.2, 0) is 24.8 Å². The molecular formula is C18H23N3O5S2. The van der Waals surface area contributed by atoms with Gasteiger partial charge >= 0.3 is 0 Å². The van der Waals surface area contributed by atoms with Crippen LogP contribution in [0.5, 0.6) is 0 Å². The summed E-state index contributed by atoms with van der Waals surface area (Å²) in [6.07, 6.45) is 0. The van der Waals surface area contributed by atoms with E-state index in [4.69, 9.17) is 0 Å². The van der Waals surface area contributed by atoms with Crippen molar-refractivity contribution in [2.24, 2.45) is 0 Å². The van der Waals surface area contributed by atoms with Crippen molar-refractivity contribution in [1.82, 2.24) is 4.31 Å². The van der Waals surface area contributed by atoms with E-state index in [0.29, 0.717) is 16.8 Å². The molecule has 0 aliphatic rings. The number of carbonyl (C=O) groups is 1. The molecule has 2 N–H and O–H groups in total. The lowest BCUT2D eigenvalue weighted by Gasteiger charge is -2.16. The van der Waals surface area contributed by atoms with Crippen LogP contribution in [0.3, 0.4) is 0 Å². The molecule has 0 fully saturated rings. The van der Waals surface area contributed by atoms with Gasteiger partial charge in [-0.15, -0.1) is 0 Å². The maximum Gasteiger partial charge on any atom is 0.262 e. The van der Waals surface area contributed by atoms with Crippen LogP contribution in [0.2, 0.25) is 0 Å². The Kier molecular flexibility index (Phi) is 6.17. The molecule has 2 rings (SSSR count). The van der Waals surface area contributed by atoms with Gasteiger partial charge in [0.1, 0.15) is 0 Å². The second-order valence-electron chi connectivity index (χ2n) is 6.53. The zero-order chi connectivity index (χ0) is 21.3. The van der Waals surface area contributed by atoms with Gasteiger partial charge in [0.2, 0.25) is 15.9 Å². The fourth-order valence-electron chi connectivity index (χ4n) is 2.45. The highest BCUT2D eigenvalue weighted by Crippen LogP contribution is 2.27. The van der Waals surface area contributed by atoms with Gasteiger partial charge in [0.25, 0.3) is 10.0 Å². The first kappa shape index (κ1) is 21.9. The van der Waals surface area contributed by atoms with Gasteiger partial charge in [-0.05, 0) is 49.2 Å². The Balaban J connectivity index is 2.49. The minimum Gasteiger partial charge on any atom is -0.326 e. The molecule has 28 heavy (non-hydrogen) atoms. The monoisotopic (exact) mass is 425 g/mol. The van der Waals surface area contributed by atoms with Crippen LogP contribution in [0, 0.1) is 13.8 Å². The molecule has 8 nitrogen and oxygen atoms in total. The number of hydrogen-bond donors (Lipinski definition) is 2. The zero-order valence-corrected chi connectivity index (χ0v) is 17.9. The quantitative estimate of drug-likeness (QED) is 0.737. The lowest BCUT2D eigenvalue weighted by molar-refractivity contribution is -0.114. The topological polar surface area (TPSA) is 113 Å². The van der Waals surface area contributed by atoms with E-state index in [1.165, 1.54) is 45.3 Å². The molecule has 0 aliphatic heterocycles. The van der Waals surface area contributed by atoms with Crippen molar-refractivity contribution in [3.63, 3.8) is 0 Å². The highest BCUT2D eigenvalue weighted by Gasteiger charge is 2.22. The van der Waals surface area contributed by atoms with Crippen LogP contribution in [-0.4, -0.2) is 41.1 Å². The Hall–Kier alpha value is -2.43. The molecule has 0 bridgehead atoms. The summed E-state index contributed by atoms with van der Waals surface area (Å²) in [5.41, 5.74) is 1.56. The van der Waals surface area contributed by atoms with E-state index >= 15 is 0 Å². The van der Waals surface area contributed by atoms with Crippen LogP contribution in [0.25, 0.3) is 0 Å². The van der Waals surface area contributed by atoms with E-state index in [1.54, 1.807) is 26.0 Å². The van der Waals surface area contributed by atoms with Gasteiger partial charge in [0.05, 0.1) is 15.5 Å². The van der Waals surface area contributed by atoms with Crippen LogP contribution in [0.4, 0.5) is 11.4 Å². The first-order valence-corrected chi connectivity index (χ1v) is 11.2. The maximum atomic E-state index is 12.9. The van der Waals surface area contributed by atoms with Crippen molar-refractivity contribution in [2.75, 3.05) is 24.1 Å². The third-order valence-corrected chi connectivity index (χ3v) is 7.35. The standard InChI is InChI=1S/C18H23N3O5S2/c1-12-7-9-16(28(25,26)21(4)5)11-17(12)20-27(23,24)18-10-15(19-14(3)22)8-6-13(18)2/h6-11,20H,1-5H3,(H,19,22).